The molecular formula is C8H6NO3S-. The minimum atomic E-state index is -4.31. The molecule has 0 fully saturated rings. The zero-order valence-electron chi connectivity index (χ0n) is 6.60. The van der Waals surface area contributed by atoms with E-state index in [1.165, 1.54) is 12.1 Å². The Balaban J connectivity index is 3.10. The predicted octanol–water partition coefficient (Wildman–Crippen LogP) is 0.603. The monoisotopic (exact) mass is 196 g/mol. The van der Waals surface area contributed by atoms with Crippen LogP contribution in [0.3, 0.4) is 0 Å². The van der Waals surface area contributed by atoms with Crippen molar-refractivity contribution in [3.63, 3.8) is 0 Å². The molecule has 1 aromatic carbocycles. The quantitative estimate of drug-likeness (QED) is 0.649. The van der Waals surface area contributed by atoms with Crippen LogP contribution in [0.4, 0.5) is 0 Å². The van der Waals surface area contributed by atoms with Crippen molar-refractivity contribution in [2.24, 2.45) is 0 Å². The molecule has 68 valence electrons. The maximum absolute atomic E-state index is 10.4. The number of hydrogen-bond acceptors (Lipinski definition) is 4. The molecule has 5 heteroatoms. The molecule has 0 aliphatic rings. The third kappa shape index (κ3) is 2.86. The maximum Gasteiger partial charge on any atom is 0.0994 e. The van der Waals surface area contributed by atoms with E-state index in [9.17, 15) is 13.0 Å². The van der Waals surface area contributed by atoms with Gasteiger partial charge in [0.1, 0.15) is 0 Å². The molecule has 0 radical (unpaired) electrons. The van der Waals surface area contributed by atoms with Gasteiger partial charge in [-0.15, -0.1) is 0 Å². The van der Waals surface area contributed by atoms with Gasteiger partial charge in [-0.3, -0.25) is 0 Å². The van der Waals surface area contributed by atoms with Crippen molar-refractivity contribution in [2.45, 2.75) is 5.75 Å². The summed E-state index contributed by atoms with van der Waals surface area (Å²) in [7, 11) is -4.31. The zero-order chi connectivity index (χ0) is 9.90. The first-order chi connectivity index (χ1) is 6.03. The lowest BCUT2D eigenvalue weighted by Crippen LogP contribution is -2.03. The SMILES string of the molecule is N#Cc1ccccc1CS(=O)(=O)[O-]. The molecule has 1 aromatic rings. The van der Waals surface area contributed by atoms with Crippen molar-refractivity contribution < 1.29 is 13.0 Å². The summed E-state index contributed by atoms with van der Waals surface area (Å²) in [5.74, 6) is -0.628. The highest BCUT2D eigenvalue weighted by molar-refractivity contribution is 7.84. The Hall–Kier alpha value is -1.38. The van der Waals surface area contributed by atoms with Gasteiger partial charge in [-0.25, -0.2) is 8.42 Å². The first kappa shape index (κ1) is 9.71. The molecule has 0 aliphatic carbocycles. The third-order valence-electron chi connectivity index (χ3n) is 1.47. The van der Waals surface area contributed by atoms with Gasteiger partial charge in [0.25, 0.3) is 0 Å². The van der Waals surface area contributed by atoms with E-state index in [1.54, 1.807) is 12.1 Å². The first-order valence-corrected chi connectivity index (χ1v) is 5.02. The summed E-state index contributed by atoms with van der Waals surface area (Å²) in [5.41, 5.74) is 0.474. The lowest BCUT2D eigenvalue weighted by molar-refractivity contribution is 0.462. The van der Waals surface area contributed by atoms with Crippen molar-refractivity contribution in [3.8, 4) is 6.07 Å². The summed E-state index contributed by atoms with van der Waals surface area (Å²) in [6.45, 7) is 0. The van der Waals surface area contributed by atoms with Crippen molar-refractivity contribution in [1.29, 1.82) is 5.26 Å². The van der Waals surface area contributed by atoms with Gasteiger partial charge < -0.3 is 4.55 Å². The standard InChI is InChI=1S/C8H7NO3S/c9-5-7-3-1-2-4-8(7)6-13(10,11)12/h1-4H,6H2,(H,10,11,12)/p-1. The summed E-state index contributed by atoms with van der Waals surface area (Å²) in [6, 6.07) is 7.94. The fourth-order valence-corrected chi connectivity index (χ4v) is 1.58. The summed E-state index contributed by atoms with van der Waals surface area (Å²) < 4.78 is 31.2. The normalized spacial score (nSPS) is 10.8. The molecule has 0 unspecified atom stereocenters. The van der Waals surface area contributed by atoms with E-state index in [0.29, 0.717) is 0 Å². The van der Waals surface area contributed by atoms with Gasteiger partial charge in [0.15, 0.2) is 0 Å². The lowest BCUT2D eigenvalue weighted by Gasteiger charge is -2.07. The Morgan fingerprint density at radius 3 is 2.54 bits per heavy atom. The average Bonchev–Trinajstić information content (AvgIpc) is 2.02. The Morgan fingerprint density at radius 2 is 2.00 bits per heavy atom. The van der Waals surface area contributed by atoms with Crippen LogP contribution in [0.2, 0.25) is 0 Å². The van der Waals surface area contributed by atoms with Gasteiger partial charge in [0.2, 0.25) is 0 Å². The average molecular weight is 196 g/mol. The highest BCUT2D eigenvalue weighted by Crippen LogP contribution is 2.10. The molecule has 0 saturated heterocycles. The van der Waals surface area contributed by atoms with Crippen LogP contribution in [0.25, 0.3) is 0 Å². The second kappa shape index (κ2) is 3.56. The molecule has 1 rings (SSSR count). The summed E-state index contributed by atoms with van der Waals surface area (Å²) in [4.78, 5) is 0. The minimum absolute atomic E-state index is 0.224. The molecule has 0 aliphatic heterocycles. The van der Waals surface area contributed by atoms with Crippen LogP contribution in [0.15, 0.2) is 24.3 Å². The molecule has 0 heterocycles. The van der Waals surface area contributed by atoms with Crippen LogP contribution in [0.5, 0.6) is 0 Å². The highest BCUT2D eigenvalue weighted by Gasteiger charge is 2.03. The van der Waals surface area contributed by atoms with Crippen LogP contribution in [-0.2, 0) is 15.9 Å². The molecule has 0 amide bonds. The second-order valence-corrected chi connectivity index (χ2v) is 3.87. The summed E-state index contributed by atoms with van der Waals surface area (Å²) >= 11 is 0. The smallest absolute Gasteiger partial charge is 0.0994 e. The second-order valence-electron chi connectivity index (χ2n) is 2.47. The number of rotatable bonds is 2. The molecule has 13 heavy (non-hydrogen) atoms. The van der Waals surface area contributed by atoms with E-state index in [0.717, 1.165) is 0 Å². The Bertz CT molecular complexity index is 445. The minimum Gasteiger partial charge on any atom is -0.748 e. The van der Waals surface area contributed by atoms with Crippen LogP contribution >= 0.6 is 0 Å². The molecule has 0 saturated carbocycles. The molecule has 0 N–H and O–H groups in total. The van der Waals surface area contributed by atoms with E-state index >= 15 is 0 Å². The first-order valence-electron chi connectivity index (χ1n) is 3.44. The fraction of sp³-hybridized carbons (Fsp3) is 0.125. The zero-order valence-corrected chi connectivity index (χ0v) is 7.41. The van der Waals surface area contributed by atoms with Gasteiger partial charge >= 0.3 is 0 Å². The van der Waals surface area contributed by atoms with Crippen molar-refractivity contribution in [1.82, 2.24) is 0 Å². The Kier molecular flexibility index (Phi) is 2.66. The van der Waals surface area contributed by atoms with Crippen LogP contribution in [0, 0.1) is 11.3 Å². The van der Waals surface area contributed by atoms with Gasteiger partial charge in [-0.1, -0.05) is 18.2 Å². The van der Waals surface area contributed by atoms with E-state index in [4.69, 9.17) is 5.26 Å². The number of benzene rings is 1. The summed E-state index contributed by atoms with van der Waals surface area (Å²) in [5, 5.41) is 8.57. The van der Waals surface area contributed by atoms with Crippen molar-refractivity contribution in [3.05, 3.63) is 35.4 Å². The fourth-order valence-electron chi connectivity index (χ4n) is 0.946. The largest absolute Gasteiger partial charge is 0.748 e. The highest BCUT2D eigenvalue weighted by atomic mass is 32.2. The third-order valence-corrected chi connectivity index (χ3v) is 2.13. The van der Waals surface area contributed by atoms with Crippen molar-refractivity contribution in [2.75, 3.05) is 0 Å². The maximum atomic E-state index is 10.4. The molecule has 4 nitrogen and oxygen atoms in total. The van der Waals surface area contributed by atoms with Gasteiger partial charge in [-0.05, 0) is 11.6 Å². The van der Waals surface area contributed by atoms with E-state index in [2.05, 4.69) is 0 Å². The van der Waals surface area contributed by atoms with E-state index in [-0.39, 0.29) is 11.1 Å². The molecule has 0 aromatic heterocycles. The van der Waals surface area contributed by atoms with Crippen LogP contribution < -0.4 is 0 Å². The molecule has 0 atom stereocenters. The Morgan fingerprint density at radius 1 is 1.38 bits per heavy atom. The van der Waals surface area contributed by atoms with Gasteiger partial charge in [-0.2, -0.15) is 5.26 Å². The van der Waals surface area contributed by atoms with Crippen LogP contribution in [0.1, 0.15) is 11.1 Å². The number of hydrogen-bond donors (Lipinski definition) is 0. The van der Waals surface area contributed by atoms with Crippen molar-refractivity contribution >= 4 is 10.1 Å². The van der Waals surface area contributed by atoms with Crippen LogP contribution in [-0.4, -0.2) is 13.0 Å². The van der Waals surface area contributed by atoms with Gasteiger partial charge in [0.05, 0.1) is 27.5 Å². The molecule has 0 bridgehead atoms. The molecular weight excluding hydrogens is 190 g/mol. The predicted molar refractivity (Wildman–Crippen MR) is 44.6 cm³/mol. The van der Waals surface area contributed by atoms with E-state index < -0.39 is 15.9 Å². The summed E-state index contributed by atoms with van der Waals surface area (Å²) in [6.07, 6.45) is 0. The molecule has 0 spiro atoms. The van der Waals surface area contributed by atoms with E-state index in [1.807, 2.05) is 6.07 Å². The topological polar surface area (TPSA) is 81.0 Å². The lowest BCUT2D eigenvalue weighted by atomic mass is 10.1. The number of nitrogens with zero attached hydrogens (tertiary/aromatic N) is 1. The number of nitriles is 1. The van der Waals surface area contributed by atoms with Gasteiger partial charge in [0, 0.05) is 0 Å². The Labute approximate surface area is 76.2 Å².